The van der Waals surface area contributed by atoms with Crippen LogP contribution in [-0.4, -0.2) is 25.1 Å². The van der Waals surface area contributed by atoms with Crippen LogP contribution >= 0.6 is 11.6 Å². The summed E-state index contributed by atoms with van der Waals surface area (Å²) in [5, 5.41) is 3.98. The Bertz CT molecular complexity index is 1050. The average Bonchev–Trinajstić information content (AvgIpc) is 2.69. The summed E-state index contributed by atoms with van der Waals surface area (Å²) < 4.78 is 24.4. The molecule has 0 aliphatic heterocycles. The largest absolute Gasteiger partial charge is 0.496 e. The molecule has 0 spiro atoms. The molecule has 3 aromatic carbocycles. The second kappa shape index (κ2) is 8.27. The Balaban J connectivity index is 1.77. The van der Waals surface area contributed by atoms with Gasteiger partial charge in [-0.3, -0.25) is 4.79 Å². The maximum absolute atomic E-state index is 13.8. The van der Waals surface area contributed by atoms with E-state index in [0.29, 0.717) is 16.7 Å². The highest BCUT2D eigenvalue weighted by atomic mass is 35.5. The van der Waals surface area contributed by atoms with E-state index >= 15 is 0 Å². The Morgan fingerprint density at radius 3 is 2.46 bits per heavy atom. The third-order valence-electron chi connectivity index (χ3n) is 4.17. The average molecular weight is 402 g/mol. The Morgan fingerprint density at radius 2 is 1.79 bits per heavy atom. The van der Waals surface area contributed by atoms with Crippen LogP contribution in [0, 0.1) is 5.82 Å². The van der Waals surface area contributed by atoms with Crippen LogP contribution in [0.1, 0.15) is 17.3 Å². The van der Waals surface area contributed by atoms with Gasteiger partial charge in [0.25, 0.3) is 5.91 Å². The summed E-state index contributed by atoms with van der Waals surface area (Å²) in [7, 11) is 1.54. The molecule has 28 heavy (non-hydrogen) atoms. The normalized spacial score (nSPS) is 11.7. The lowest BCUT2D eigenvalue weighted by Gasteiger charge is -2.15. The fraction of sp³-hybridized carbons (Fsp3) is 0.143. The number of fused-ring (bicyclic) bond motifs is 1. The highest BCUT2D eigenvalue weighted by Crippen LogP contribution is 2.29. The molecular formula is C21H17ClFNO4. The van der Waals surface area contributed by atoms with Crippen molar-refractivity contribution in [3.63, 3.8) is 0 Å². The lowest BCUT2D eigenvalue weighted by molar-refractivity contribution is -0.123. The van der Waals surface area contributed by atoms with Crippen LogP contribution in [0.2, 0.25) is 5.02 Å². The monoisotopic (exact) mass is 401 g/mol. The molecule has 0 aliphatic rings. The second-order valence-corrected chi connectivity index (χ2v) is 6.46. The van der Waals surface area contributed by atoms with Crippen LogP contribution in [0.3, 0.4) is 0 Å². The third-order valence-corrected chi connectivity index (χ3v) is 4.40. The van der Waals surface area contributed by atoms with Crippen LogP contribution in [0.25, 0.3) is 10.8 Å². The lowest BCUT2D eigenvalue weighted by atomic mass is 10.0. The number of benzene rings is 3. The van der Waals surface area contributed by atoms with E-state index in [0.717, 1.165) is 11.5 Å². The molecule has 0 heterocycles. The molecule has 0 saturated heterocycles. The van der Waals surface area contributed by atoms with Gasteiger partial charge in [0, 0.05) is 10.4 Å². The maximum Gasteiger partial charge on any atom is 0.339 e. The number of rotatable bonds is 5. The highest BCUT2D eigenvalue weighted by Gasteiger charge is 2.22. The standard InChI is InChI=1S/C21H17ClFNO4/c1-12(20(25)24-18-9-7-13(22)11-17(18)23)28-21(26)16-8-10-19(27-2)15-6-4-3-5-14(15)16/h3-12H,1-2H3,(H,24,25)/t12-/m1/s1. The SMILES string of the molecule is COc1ccc(C(=O)O[C@H](C)C(=O)Nc2ccc(Cl)cc2F)c2ccccc12. The van der Waals surface area contributed by atoms with Gasteiger partial charge in [-0.25, -0.2) is 9.18 Å². The zero-order chi connectivity index (χ0) is 20.3. The Hall–Kier alpha value is -3.12. The van der Waals surface area contributed by atoms with Crippen LogP contribution in [0.15, 0.2) is 54.6 Å². The third kappa shape index (κ3) is 4.07. The van der Waals surface area contributed by atoms with Crippen molar-refractivity contribution in [1.29, 1.82) is 0 Å². The topological polar surface area (TPSA) is 64.6 Å². The van der Waals surface area contributed by atoms with Crippen molar-refractivity contribution in [3.8, 4) is 5.75 Å². The Morgan fingerprint density at radius 1 is 1.07 bits per heavy atom. The molecule has 144 valence electrons. The zero-order valence-electron chi connectivity index (χ0n) is 15.2. The number of halogens is 2. The predicted molar refractivity (Wildman–Crippen MR) is 105 cm³/mol. The molecule has 1 N–H and O–H groups in total. The van der Waals surface area contributed by atoms with Crippen LogP contribution in [-0.2, 0) is 9.53 Å². The van der Waals surface area contributed by atoms with E-state index in [2.05, 4.69) is 5.32 Å². The Labute approximate surface area is 166 Å². The van der Waals surface area contributed by atoms with Gasteiger partial charge in [0.1, 0.15) is 11.6 Å². The first-order valence-electron chi connectivity index (χ1n) is 8.43. The van der Waals surface area contributed by atoms with Crippen molar-refractivity contribution in [2.45, 2.75) is 13.0 Å². The van der Waals surface area contributed by atoms with Crippen molar-refractivity contribution in [1.82, 2.24) is 0 Å². The first kappa shape index (κ1) is 19.6. The van der Waals surface area contributed by atoms with Crippen LogP contribution < -0.4 is 10.1 Å². The summed E-state index contributed by atoms with van der Waals surface area (Å²) in [6, 6.07) is 14.3. The number of methoxy groups -OCH3 is 1. The molecule has 0 saturated carbocycles. The number of hydrogen-bond donors (Lipinski definition) is 1. The maximum atomic E-state index is 13.8. The number of anilines is 1. The van der Waals surface area contributed by atoms with Gasteiger partial charge >= 0.3 is 5.97 Å². The summed E-state index contributed by atoms with van der Waals surface area (Å²) in [5.74, 6) is -1.39. The minimum atomic E-state index is -1.14. The van der Waals surface area contributed by atoms with Crippen molar-refractivity contribution >= 4 is 39.9 Å². The van der Waals surface area contributed by atoms with Crippen molar-refractivity contribution < 1.29 is 23.5 Å². The molecule has 3 rings (SSSR count). The van der Waals surface area contributed by atoms with Crippen molar-refractivity contribution in [2.24, 2.45) is 0 Å². The minimum absolute atomic E-state index is 0.0489. The minimum Gasteiger partial charge on any atom is -0.496 e. The molecule has 7 heteroatoms. The first-order valence-corrected chi connectivity index (χ1v) is 8.81. The molecule has 0 fully saturated rings. The summed E-state index contributed by atoms with van der Waals surface area (Å²) in [5.41, 5.74) is 0.251. The van der Waals surface area contributed by atoms with E-state index in [9.17, 15) is 14.0 Å². The molecule has 0 unspecified atom stereocenters. The van der Waals surface area contributed by atoms with Gasteiger partial charge in [-0.1, -0.05) is 35.9 Å². The van der Waals surface area contributed by atoms with E-state index in [1.54, 1.807) is 31.4 Å². The summed E-state index contributed by atoms with van der Waals surface area (Å²) in [6.07, 6.45) is -1.14. The number of nitrogens with one attached hydrogen (secondary N) is 1. The van der Waals surface area contributed by atoms with Gasteiger partial charge in [0.05, 0.1) is 18.4 Å². The summed E-state index contributed by atoms with van der Waals surface area (Å²) in [4.78, 5) is 24.9. The molecule has 1 amide bonds. The van der Waals surface area contributed by atoms with E-state index in [4.69, 9.17) is 21.1 Å². The van der Waals surface area contributed by atoms with E-state index < -0.39 is 23.8 Å². The quantitative estimate of drug-likeness (QED) is 0.622. The van der Waals surface area contributed by atoms with E-state index in [1.807, 2.05) is 12.1 Å². The first-order chi connectivity index (χ1) is 13.4. The molecule has 5 nitrogen and oxygen atoms in total. The predicted octanol–water partition coefficient (Wildman–Crippen LogP) is 4.82. The van der Waals surface area contributed by atoms with Crippen LogP contribution in [0.5, 0.6) is 5.75 Å². The van der Waals surface area contributed by atoms with E-state index in [1.165, 1.54) is 19.1 Å². The number of carbonyl (C=O) groups excluding carboxylic acids is 2. The summed E-state index contributed by atoms with van der Waals surface area (Å²) in [6.45, 7) is 1.41. The lowest BCUT2D eigenvalue weighted by Crippen LogP contribution is -2.30. The second-order valence-electron chi connectivity index (χ2n) is 6.02. The van der Waals surface area contributed by atoms with E-state index in [-0.39, 0.29) is 10.7 Å². The molecule has 0 radical (unpaired) electrons. The van der Waals surface area contributed by atoms with Gasteiger partial charge < -0.3 is 14.8 Å². The van der Waals surface area contributed by atoms with Gasteiger partial charge in [0.2, 0.25) is 0 Å². The smallest absolute Gasteiger partial charge is 0.339 e. The molecule has 0 aliphatic carbocycles. The van der Waals surface area contributed by atoms with Crippen molar-refractivity contribution in [2.75, 3.05) is 12.4 Å². The zero-order valence-corrected chi connectivity index (χ0v) is 15.9. The molecule has 0 aromatic heterocycles. The highest BCUT2D eigenvalue weighted by molar-refractivity contribution is 6.30. The van der Waals surface area contributed by atoms with Gasteiger partial charge in [0.15, 0.2) is 6.10 Å². The van der Waals surface area contributed by atoms with Gasteiger partial charge in [-0.2, -0.15) is 0 Å². The number of carbonyl (C=O) groups is 2. The molecular weight excluding hydrogens is 385 g/mol. The van der Waals surface area contributed by atoms with Gasteiger partial charge in [-0.05, 0) is 42.6 Å². The molecule has 3 aromatic rings. The molecule has 0 bridgehead atoms. The number of ether oxygens (including phenoxy) is 2. The van der Waals surface area contributed by atoms with Gasteiger partial charge in [-0.15, -0.1) is 0 Å². The van der Waals surface area contributed by atoms with Crippen LogP contribution in [0.4, 0.5) is 10.1 Å². The molecule has 1 atom stereocenters. The fourth-order valence-corrected chi connectivity index (χ4v) is 2.89. The van der Waals surface area contributed by atoms with Crippen molar-refractivity contribution in [3.05, 3.63) is 71.0 Å². The number of esters is 1. The number of amides is 1. The number of hydrogen-bond acceptors (Lipinski definition) is 4. The summed E-state index contributed by atoms with van der Waals surface area (Å²) >= 11 is 5.69. The fourth-order valence-electron chi connectivity index (χ4n) is 2.73. The Kier molecular flexibility index (Phi) is 5.80.